The van der Waals surface area contributed by atoms with Crippen LogP contribution in [0, 0.1) is 6.07 Å². The Kier molecular flexibility index (Phi) is 3.44. The van der Waals surface area contributed by atoms with Gasteiger partial charge in [-0.1, -0.05) is 31.0 Å². The third-order valence-corrected chi connectivity index (χ3v) is 2.78. The van der Waals surface area contributed by atoms with Crippen LogP contribution in [0.1, 0.15) is 38.5 Å². The molecule has 0 aromatic heterocycles. The van der Waals surface area contributed by atoms with E-state index >= 15 is 0 Å². The smallest absolute Gasteiger partial charge is 0.127 e. The van der Waals surface area contributed by atoms with Gasteiger partial charge in [-0.05, 0) is 31.7 Å². The van der Waals surface area contributed by atoms with Gasteiger partial charge in [0.15, 0.2) is 0 Å². The first-order valence-corrected chi connectivity index (χ1v) is 5.58. The Labute approximate surface area is 86.1 Å². The largest absolute Gasteiger partial charge is 0.490 e. The van der Waals surface area contributed by atoms with Gasteiger partial charge in [-0.2, -0.15) is 0 Å². The van der Waals surface area contributed by atoms with Crippen molar-refractivity contribution in [3.63, 3.8) is 0 Å². The summed E-state index contributed by atoms with van der Waals surface area (Å²) in [5, 5.41) is 0. The van der Waals surface area contributed by atoms with Crippen molar-refractivity contribution in [1.82, 2.24) is 0 Å². The molecule has 1 nitrogen and oxygen atoms in total. The number of ether oxygens (including phenoxy) is 1. The highest BCUT2D eigenvalue weighted by molar-refractivity contribution is 5.19. The molecule has 0 spiro atoms. The topological polar surface area (TPSA) is 9.23 Å². The molecule has 2 rings (SSSR count). The van der Waals surface area contributed by atoms with Gasteiger partial charge in [-0.15, -0.1) is 0 Å². The second-order valence-corrected chi connectivity index (χ2v) is 3.96. The summed E-state index contributed by atoms with van der Waals surface area (Å²) in [6.07, 6.45) is 8.23. The number of benzene rings is 1. The van der Waals surface area contributed by atoms with E-state index in [1.54, 1.807) is 0 Å². The molecule has 0 unspecified atom stereocenters. The third kappa shape index (κ3) is 2.76. The van der Waals surface area contributed by atoms with E-state index in [2.05, 4.69) is 6.07 Å². The Bertz CT molecular complexity index is 247. The van der Waals surface area contributed by atoms with Gasteiger partial charge in [0.1, 0.15) is 5.75 Å². The van der Waals surface area contributed by atoms with Gasteiger partial charge in [0, 0.05) is 6.07 Å². The summed E-state index contributed by atoms with van der Waals surface area (Å²) < 4.78 is 5.88. The van der Waals surface area contributed by atoms with Crippen LogP contribution in [-0.4, -0.2) is 6.10 Å². The fourth-order valence-electron chi connectivity index (χ4n) is 1.99. The van der Waals surface area contributed by atoms with Crippen LogP contribution in [0.25, 0.3) is 0 Å². The lowest BCUT2D eigenvalue weighted by Gasteiger charge is -2.16. The van der Waals surface area contributed by atoms with Crippen LogP contribution in [0.15, 0.2) is 24.3 Å². The summed E-state index contributed by atoms with van der Waals surface area (Å²) in [7, 11) is 0. The van der Waals surface area contributed by atoms with Crippen LogP contribution in [0.3, 0.4) is 0 Å². The van der Waals surface area contributed by atoms with Crippen LogP contribution in [0.4, 0.5) is 0 Å². The van der Waals surface area contributed by atoms with Gasteiger partial charge in [-0.3, -0.25) is 0 Å². The molecule has 0 saturated heterocycles. The van der Waals surface area contributed by atoms with Crippen molar-refractivity contribution in [2.45, 2.75) is 44.6 Å². The van der Waals surface area contributed by atoms with E-state index in [1.165, 1.54) is 38.5 Å². The zero-order valence-corrected chi connectivity index (χ0v) is 8.54. The minimum atomic E-state index is 0.427. The van der Waals surface area contributed by atoms with Gasteiger partial charge in [0.2, 0.25) is 0 Å². The molecule has 1 heteroatoms. The van der Waals surface area contributed by atoms with Crippen molar-refractivity contribution in [3.8, 4) is 5.75 Å². The van der Waals surface area contributed by atoms with Crippen LogP contribution < -0.4 is 4.74 Å². The summed E-state index contributed by atoms with van der Waals surface area (Å²) in [6, 6.07) is 11.0. The molecule has 14 heavy (non-hydrogen) atoms. The number of hydrogen-bond donors (Lipinski definition) is 0. The van der Waals surface area contributed by atoms with Crippen molar-refractivity contribution in [3.05, 3.63) is 30.3 Å². The first-order chi connectivity index (χ1) is 6.95. The Morgan fingerprint density at radius 1 is 1.07 bits per heavy atom. The third-order valence-electron chi connectivity index (χ3n) is 2.78. The Hall–Kier alpha value is -0.980. The monoisotopic (exact) mass is 189 g/mol. The maximum absolute atomic E-state index is 5.88. The molecule has 1 saturated carbocycles. The fraction of sp³-hybridized carbons (Fsp3) is 0.538. The van der Waals surface area contributed by atoms with E-state index < -0.39 is 0 Å². The molecular weight excluding hydrogens is 172 g/mol. The molecule has 0 N–H and O–H groups in total. The van der Waals surface area contributed by atoms with E-state index in [0.717, 1.165) is 5.75 Å². The summed E-state index contributed by atoms with van der Waals surface area (Å²) in [4.78, 5) is 0. The first kappa shape index (κ1) is 9.57. The predicted octanol–water partition coefficient (Wildman–Crippen LogP) is 3.59. The molecule has 1 aliphatic rings. The summed E-state index contributed by atoms with van der Waals surface area (Å²) in [5.74, 6) is 0.902. The Balaban J connectivity index is 1.90. The Morgan fingerprint density at radius 2 is 1.86 bits per heavy atom. The lowest BCUT2D eigenvalue weighted by Crippen LogP contribution is -2.14. The molecule has 0 amide bonds. The highest BCUT2D eigenvalue weighted by atomic mass is 16.5. The maximum Gasteiger partial charge on any atom is 0.127 e. The molecule has 1 aromatic carbocycles. The highest BCUT2D eigenvalue weighted by Crippen LogP contribution is 2.22. The standard InChI is InChI=1S/C13H17O/c1-2-5-9-12(8-4-1)14-13-10-6-3-7-11-13/h3,6-7,10,12H,1-2,4-5,8-9H2. The van der Waals surface area contributed by atoms with Gasteiger partial charge >= 0.3 is 0 Å². The first-order valence-electron chi connectivity index (χ1n) is 5.58. The zero-order chi connectivity index (χ0) is 9.64. The quantitative estimate of drug-likeness (QED) is 0.646. The molecule has 1 fully saturated rings. The van der Waals surface area contributed by atoms with Gasteiger partial charge in [0.05, 0.1) is 6.10 Å². The van der Waals surface area contributed by atoms with Crippen molar-refractivity contribution in [1.29, 1.82) is 0 Å². The molecule has 1 aliphatic carbocycles. The molecule has 1 aromatic rings. The summed E-state index contributed by atoms with van der Waals surface area (Å²) in [6.45, 7) is 0. The number of rotatable bonds is 2. The van der Waals surface area contributed by atoms with E-state index in [4.69, 9.17) is 4.74 Å². The minimum absolute atomic E-state index is 0.427. The Morgan fingerprint density at radius 3 is 2.50 bits per heavy atom. The predicted molar refractivity (Wildman–Crippen MR) is 57.4 cm³/mol. The number of hydrogen-bond acceptors (Lipinski definition) is 1. The van der Waals surface area contributed by atoms with E-state index in [-0.39, 0.29) is 0 Å². The highest BCUT2D eigenvalue weighted by Gasteiger charge is 2.13. The molecule has 0 bridgehead atoms. The van der Waals surface area contributed by atoms with E-state index in [0.29, 0.717) is 6.10 Å². The van der Waals surface area contributed by atoms with Crippen molar-refractivity contribution >= 4 is 0 Å². The second kappa shape index (κ2) is 5.04. The van der Waals surface area contributed by atoms with Crippen LogP contribution in [0.5, 0.6) is 5.75 Å². The average molecular weight is 189 g/mol. The van der Waals surface area contributed by atoms with Crippen LogP contribution >= 0.6 is 0 Å². The van der Waals surface area contributed by atoms with Crippen LogP contribution in [-0.2, 0) is 0 Å². The minimum Gasteiger partial charge on any atom is -0.490 e. The number of para-hydroxylation sites is 1. The summed E-state index contributed by atoms with van der Waals surface area (Å²) in [5.41, 5.74) is 0. The lowest BCUT2D eigenvalue weighted by molar-refractivity contribution is 0.183. The van der Waals surface area contributed by atoms with Crippen molar-refractivity contribution in [2.24, 2.45) is 0 Å². The van der Waals surface area contributed by atoms with Gasteiger partial charge in [0.25, 0.3) is 0 Å². The molecule has 75 valence electrons. The van der Waals surface area contributed by atoms with Gasteiger partial charge in [-0.25, -0.2) is 0 Å². The van der Waals surface area contributed by atoms with Crippen molar-refractivity contribution in [2.75, 3.05) is 0 Å². The van der Waals surface area contributed by atoms with Crippen LogP contribution in [0.2, 0.25) is 0 Å². The maximum atomic E-state index is 5.88. The zero-order valence-electron chi connectivity index (χ0n) is 8.54. The SMILES string of the molecule is [c]1ccccc1OC1CCCCCC1. The normalized spacial score (nSPS) is 18.9. The second-order valence-electron chi connectivity index (χ2n) is 3.96. The molecule has 0 aliphatic heterocycles. The average Bonchev–Trinajstić information content (AvgIpc) is 2.48. The van der Waals surface area contributed by atoms with E-state index in [1.807, 2.05) is 24.3 Å². The van der Waals surface area contributed by atoms with Crippen molar-refractivity contribution < 1.29 is 4.74 Å². The molecule has 0 heterocycles. The molecule has 1 radical (unpaired) electrons. The molecular formula is C13H17O. The van der Waals surface area contributed by atoms with Gasteiger partial charge < -0.3 is 4.74 Å². The van der Waals surface area contributed by atoms with E-state index in [9.17, 15) is 0 Å². The summed E-state index contributed by atoms with van der Waals surface area (Å²) >= 11 is 0. The lowest BCUT2D eigenvalue weighted by atomic mass is 10.1. The fourth-order valence-corrected chi connectivity index (χ4v) is 1.99. The molecule has 0 atom stereocenters.